The number of nitrogen functional groups attached to an aromatic ring is 1. The van der Waals surface area contributed by atoms with E-state index in [0.717, 1.165) is 54.8 Å². The topological polar surface area (TPSA) is 105 Å². The fourth-order valence-corrected chi connectivity index (χ4v) is 4.26. The highest BCUT2D eigenvalue weighted by atomic mass is 16.1. The zero-order valence-electron chi connectivity index (χ0n) is 17.2. The SMILES string of the molecule is Nc1ccn(-c2cccc(CN3CCCC(Nc4ccc5[nH]ncc5c4)C3)c2)c(=O)n1. The summed E-state index contributed by atoms with van der Waals surface area (Å²) in [5.74, 6) is 0.233. The summed E-state index contributed by atoms with van der Waals surface area (Å²) in [4.78, 5) is 18.5. The van der Waals surface area contributed by atoms with Gasteiger partial charge in [0.2, 0.25) is 0 Å². The van der Waals surface area contributed by atoms with Gasteiger partial charge in [-0.1, -0.05) is 12.1 Å². The Labute approximate surface area is 179 Å². The average molecular weight is 416 g/mol. The Morgan fingerprint density at radius 2 is 2.13 bits per heavy atom. The molecule has 0 bridgehead atoms. The molecular formula is C23H25N7O. The first-order valence-electron chi connectivity index (χ1n) is 10.5. The molecule has 2 aromatic carbocycles. The van der Waals surface area contributed by atoms with Crippen LogP contribution in [0.5, 0.6) is 0 Å². The molecule has 0 aliphatic carbocycles. The smallest absolute Gasteiger partial charge is 0.354 e. The van der Waals surface area contributed by atoms with E-state index in [4.69, 9.17) is 5.73 Å². The second-order valence-corrected chi connectivity index (χ2v) is 8.07. The van der Waals surface area contributed by atoms with Crippen LogP contribution >= 0.6 is 0 Å². The average Bonchev–Trinajstić information content (AvgIpc) is 3.22. The van der Waals surface area contributed by atoms with Crippen molar-refractivity contribution in [3.63, 3.8) is 0 Å². The van der Waals surface area contributed by atoms with Crippen molar-refractivity contribution in [3.8, 4) is 5.69 Å². The molecule has 1 saturated heterocycles. The second kappa shape index (κ2) is 8.23. The fourth-order valence-electron chi connectivity index (χ4n) is 4.26. The summed E-state index contributed by atoms with van der Waals surface area (Å²) in [6.07, 6.45) is 5.81. The van der Waals surface area contributed by atoms with Gasteiger partial charge in [0.25, 0.3) is 0 Å². The Balaban J connectivity index is 1.27. The quantitative estimate of drug-likeness (QED) is 0.463. The molecule has 1 unspecified atom stereocenters. The summed E-state index contributed by atoms with van der Waals surface area (Å²) in [5, 5.41) is 11.9. The molecule has 8 heteroatoms. The van der Waals surface area contributed by atoms with E-state index in [1.54, 1.807) is 12.3 Å². The number of aromatic nitrogens is 4. The number of nitrogens with zero attached hydrogens (tertiary/aromatic N) is 4. The molecule has 4 N–H and O–H groups in total. The normalized spacial score (nSPS) is 17.1. The van der Waals surface area contributed by atoms with Crippen LogP contribution in [0.2, 0.25) is 0 Å². The number of H-pyrrole nitrogens is 1. The number of piperidine rings is 1. The third kappa shape index (κ3) is 4.29. The molecule has 1 atom stereocenters. The van der Waals surface area contributed by atoms with Crippen molar-refractivity contribution in [2.75, 3.05) is 24.1 Å². The molecule has 0 spiro atoms. The van der Waals surface area contributed by atoms with E-state index >= 15 is 0 Å². The third-order valence-electron chi connectivity index (χ3n) is 5.74. The summed E-state index contributed by atoms with van der Waals surface area (Å²) >= 11 is 0. The zero-order valence-corrected chi connectivity index (χ0v) is 17.2. The number of hydrogen-bond donors (Lipinski definition) is 3. The summed E-state index contributed by atoms with van der Waals surface area (Å²) in [5.41, 5.74) is 9.38. The van der Waals surface area contributed by atoms with Gasteiger partial charge in [-0.05, 0) is 61.3 Å². The molecule has 0 radical (unpaired) electrons. The van der Waals surface area contributed by atoms with Gasteiger partial charge in [-0.3, -0.25) is 14.6 Å². The molecule has 3 heterocycles. The van der Waals surface area contributed by atoms with Crippen LogP contribution in [0.3, 0.4) is 0 Å². The van der Waals surface area contributed by atoms with Gasteiger partial charge in [-0.2, -0.15) is 10.1 Å². The first-order valence-corrected chi connectivity index (χ1v) is 10.5. The summed E-state index contributed by atoms with van der Waals surface area (Å²) < 4.78 is 1.52. The number of hydrogen-bond acceptors (Lipinski definition) is 6. The Morgan fingerprint density at radius 3 is 3.03 bits per heavy atom. The molecule has 4 aromatic rings. The Hall–Kier alpha value is -3.65. The van der Waals surface area contributed by atoms with Crippen LogP contribution in [0.4, 0.5) is 11.5 Å². The molecule has 1 fully saturated rings. The first-order chi connectivity index (χ1) is 15.1. The van der Waals surface area contributed by atoms with Crippen molar-refractivity contribution >= 4 is 22.4 Å². The minimum absolute atomic E-state index is 0.233. The highest BCUT2D eigenvalue weighted by Gasteiger charge is 2.20. The maximum atomic E-state index is 12.2. The standard InChI is InChI=1S/C23H25N7O/c24-22-8-10-30(23(31)27-22)20-5-1-3-16(11-20)14-29-9-2-4-19(15-29)26-18-6-7-21-17(12-18)13-25-28-21/h1,3,5-8,10-13,19,26H,2,4,9,14-15H2,(H,25,28)(H2,24,27,31). The molecule has 0 amide bonds. The van der Waals surface area contributed by atoms with E-state index < -0.39 is 0 Å². The highest BCUT2D eigenvalue weighted by Crippen LogP contribution is 2.21. The monoisotopic (exact) mass is 415 g/mol. The maximum Gasteiger partial charge on any atom is 0.354 e. The number of likely N-dealkylation sites (tertiary alicyclic amines) is 1. The van der Waals surface area contributed by atoms with Gasteiger partial charge in [0.15, 0.2) is 0 Å². The highest BCUT2D eigenvalue weighted by molar-refractivity contribution is 5.81. The van der Waals surface area contributed by atoms with E-state index in [-0.39, 0.29) is 11.5 Å². The predicted molar refractivity (Wildman–Crippen MR) is 122 cm³/mol. The van der Waals surface area contributed by atoms with Crippen LogP contribution in [0.15, 0.2) is 65.7 Å². The van der Waals surface area contributed by atoms with Gasteiger partial charge in [0, 0.05) is 36.4 Å². The van der Waals surface area contributed by atoms with Crippen molar-refractivity contribution in [1.82, 2.24) is 24.6 Å². The van der Waals surface area contributed by atoms with Crippen LogP contribution in [0.1, 0.15) is 18.4 Å². The van der Waals surface area contributed by atoms with Crippen molar-refractivity contribution in [3.05, 3.63) is 77.0 Å². The van der Waals surface area contributed by atoms with Gasteiger partial charge < -0.3 is 11.1 Å². The van der Waals surface area contributed by atoms with Crippen molar-refractivity contribution in [2.24, 2.45) is 0 Å². The van der Waals surface area contributed by atoms with Gasteiger partial charge in [0.05, 0.1) is 17.4 Å². The summed E-state index contributed by atoms with van der Waals surface area (Å²) in [7, 11) is 0. The largest absolute Gasteiger partial charge is 0.383 e. The summed E-state index contributed by atoms with van der Waals surface area (Å²) in [6, 6.07) is 16.4. The van der Waals surface area contributed by atoms with Crippen molar-refractivity contribution < 1.29 is 0 Å². The first kappa shape index (κ1) is 19.3. The van der Waals surface area contributed by atoms with E-state index in [1.165, 1.54) is 10.1 Å². The maximum absolute atomic E-state index is 12.2. The lowest BCUT2D eigenvalue weighted by Gasteiger charge is -2.33. The van der Waals surface area contributed by atoms with Crippen molar-refractivity contribution in [1.29, 1.82) is 0 Å². The Bertz CT molecular complexity index is 1260. The van der Waals surface area contributed by atoms with Gasteiger partial charge >= 0.3 is 5.69 Å². The van der Waals surface area contributed by atoms with E-state index in [2.05, 4.69) is 49.7 Å². The Kier molecular flexibility index (Phi) is 5.13. The number of fused-ring (bicyclic) bond motifs is 1. The lowest BCUT2D eigenvalue weighted by Crippen LogP contribution is -2.41. The lowest BCUT2D eigenvalue weighted by molar-refractivity contribution is 0.208. The number of benzene rings is 2. The van der Waals surface area contributed by atoms with Crippen LogP contribution in [-0.2, 0) is 6.54 Å². The molecule has 158 valence electrons. The number of aromatic amines is 1. The second-order valence-electron chi connectivity index (χ2n) is 8.07. The molecular weight excluding hydrogens is 390 g/mol. The molecule has 2 aromatic heterocycles. The van der Waals surface area contributed by atoms with Gasteiger partial charge in [-0.15, -0.1) is 0 Å². The zero-order chi connectivity index (χ0) is 21.2. The molecule has 31 heavy (non-hydrogen) atoms. The van der Waals surface area contributed by atoms with Crippen LogP contribution in [0, 0.1) is 0 Å². The lowest BCUT2D eigenvalue weighted by atomic mass is 10.0. The molecule has 1 aliphatic heterocycles. The molecule has 8 nitrogen and oxygen atoms in total. The fraction of sp³-hybridized carbons (Fsp3) is 0.261. The Morgan fingerprint density at radius 1 is 1.19 bits per heavy atom. The molecule has 1 aliphatic rings. The number of anilines is 2. The van der Waals surface area contributed by atoms with Gasteiger partial charge in [0.1, 0.15) is 5.82 Å². The number of nitrogens with one attached hydrogen (secondary N) is 2. The third-order valence-corrected chi connectivity index (χ3v) is 5.74. The van der Waals surface area contributed by atoms with Crippen LogP contribution in [-0.4, -0.2) is 43.8 Å². The number of rotatable bonds is 5. The van der Waals surface area contributed by atoms with Crippen molar-refractivity contribution in [2.45, 2.75) is 25.4 Å². The minimum Gasteiger partial charge on any atom is -0.383 e. The molecule has 5 rings (SSSR count). The van der Waals surface area contributed by atoms with E-state index in [1.807, 2.05) is 24.4 Å². The van der Waals surface area contributed by atoms with Crippen LogP contribution < -0.4 is 16.7 Å². The molecule has 0 saturated carbocycles. The minimum atomic E-state index is -0.367. The number of nitrogens with two attached hydrogens (primary N) is 1. The van der Waals surface area contributed by atoms with E-state index in [9.17, 15) is 4.79 Å². The van der Waals surface area contributed by atoms with E-state index in [0.29, 0.717) is 6.04 Å². The predicted octanol–water partition coefficient (Wildman–Crippen LogP) is 2.77. The summed E-state index contributed by atoms with van der Waals surface area (Å²) in [6.45, 7) is 2.87. The van der Waals surface area contributed by atoms with Gasteiger partial charge in [-0.25, -0.2) is 4.79 Å². The van der Waals surface area contributed by atoms with Crippen LogP contribution in [0.25, 0.3) is 16.6 Å².